The van der Waals surface area contributed by atoms with Crippen LogP contribution in [0, 0.1) is 6.92 Å². The number of nitrogens with one attached hydrogen (secondary N) is 1. The van der Waals surface area contributed by atoms with Gasteiger partial charge in [-0.05, 0) is 18.6 Å². The fraction of sp³-hybridized carbons (Fsp3) is 0.0909. The first kappa shape index (κ1) is 10.2. The molecule has 0 saturated heterocycles. The molecule has 0 atom stereocenters. The first-order valence-electron chi connectivity index (χ1n) is 5.03. The van der Waals surface area contributed by atoms with Crippen LogP contribution in [-0.4, -0.2) is 24.9 Å². The van der Waals surface area contributed by atoms with Crippen molar-refractivity contribution in [3.63, 3.8) is 0 Å². The van der Waals surface area contributed by atoms with Gasteiger partial charge in [-0.3, -0.25) is 9.67 Å². The maximum Gasteiger partial charge on any atom is 0.205 e. The van der Waals surface area contributed by atoms with E-state index in [1.165, 1.54) is 0 Å². The lowest BCUT2D eigenvalue weighted by Gasteiger charge is -1.99. The summed E-state index contributed by atoms with van der Waals surface area (Å²) in [6.07, 6.45) is 5.03. The maximum absolute atomic E-state index is 10.1. The van der Waals surface area contributed by atoms with Crippen LogP contribution in [0.3, 0.4) is 0 Å². The second-order valence-electron chi connectivity index (χ2n) is 3.81. The average Bonchev–Trinajstić information content (AvgIpc) is 2.90. The second-order valence-corrected chi connectivity index (χ2v) is 4.17. The number of halogens is 1. The minimum Gasteiger partial charge on any atom is -0.494 e. The molecule has 17 heavy (non-hydrogen) atoms. The zero-order chi connectivity index (χ0) is 12.0. The van der Waals surface area contributed by atoms with Crippen LogP contribution in [-0.2, 0) is 0 Å². The summed E-state index contributed by atoms with van der Waals surface area (Å²) in [5, 5.41) is 17.8. The van der Waals surface area contributed by atoms with Gasteiger partial charge in [-0.25, -0.2) is 4.98 Å². The summed E-state index contributed by atoms with van der Waals surface area (Å²) in [7, 11) is 0. The van der Waals surface area contributed by atoms with E-state index in [4.69, 9.17) is 11.6 Å². The number of rotatable bonds is 1. The molecule has 6 heteroatoms. The first-order chi connectivity index (χ1) is 8.16. The molecule has 3 heterocycles. The maximum atomic E-state index is 10.1. The molecule has 0 radical (unpaired) electrons. The molecule has 0 saturated carbocycles. The van der Waals surface area contributed by atoms with Crippen molar-refractivity contribution >= 4 is 22.5 Å². The van der Waals surface area contributed by atoms with Crippen LogP contribution in [0.2, 0.25) is 5.15 Å². The Kier molecular flexibility index (Phi) is 2.09. The van der Waals surface area contributed by atoms with Gasteiger partial charge >= 0.3 is 0 Å². The molecule has 3 rings (SSSR count). The Morgan fingerprint density at radius 2 is 2.29 bits per heavy atom. The third-order valence-corrected chi connectivity index (χ3v) is 3.05. The third-order valence-electron chi connectivity index (χ3n) is 2.66. The molecule has 0 aliphatic carbocycles. The average molecular weight is 249 g/mol. The zero-order valence-electron chi connectivity index (χ0n) is 8.98. The van der Waals surface area contributed by atoms with Crippen molar-refractivity contribution in [2.75, 3.05) is 0 Å². The third kappa shape index (κ3) is 1.47. The molecule has 0 fully saturated rings. The highest BCUT2D eigenvalue weighted by atomic mass is 35.5. The number of hydrogen-bond donors (Lipinski definition) is 2. The van der Waals surface area contributed by atoms with Gasteiger partial charge in [0.05, 0.1) is 22.8 Å². The molecule has 0 aliphatic rings. The summed E-state index contributed by atoms with van der Waals surface area (Å²) in [5.74, 6) is 0.133. The number of H-pyrrole nitrogens is 1. The van der Waals surface area contributed by atoms with Crippen LogP contribution in [0.1, 0.15) is 5.56 Å². The van der Waals surface area contributed by atoms with Crippen LogP contribution >= 0.6 is 11.6 Å². The van der Waals surface area contributed by atoms with Crippen molar-refractivity contribution in [2.24, 2.45) is 0 Å². The smallest absolute Gasteiger partial charge is 0.205 e. The lowest BCUT2D eigenvalue weighted by molar-refractivity contribution is 0.448. The summed E-state index contributed by atoms with van der Waals surface area (Å²) >= 11 is 5.95. The number of aryl methyl sites for hydroxylation is 1. The van der Waals surface area contributed by atoms with Crippen LogP contribution in [0.25, 0.3) is 16.6 Å². The number of aromatic hydroxyl groups is 1. The van der Waals surface area contributed by atoms with Crippen LogP contribution in [0.4, 0.5) is 0 Å². The molecule has 2 N–H and O–H groups in total. The summed E-state index contributed by atoms with van der Waals surface area (Å²) < 4.78 is 1.61. The summed E-state index contributed by atoms with van der Waals surface area (Å²) in [4.78, 5) is 4.22. The number of hydrogen-bond acceptors (Lipinski definition) is 3. The summed E-state index contributed by atoms with van der Waals surface area (Å²) in [6.45, 7) is 1.85. The molecule has 0 amide bonds. The van der Waals surface area contributed by atoms with E-state index in [1.807, 2.05) is 13.0 Å². The van der Waals surface area contributed by atoms with Crippen LogP contribution in [0.5, 0.6) is 5.88 Å². The Hall–Kier alpha value is -2.01. The van der Waals surface area contributed by atoms with Crippen molar-refractivity contribution in [3.8, 4) is 11.6 Å². The summed E-state index contributed by atoms with van der Waals surface area (Å²) in [6, 6.07) is 1.82. The Balaban J connectivity index is 2.32. The monoisotopic (exact) mass is 248 g/mol. The largest absolute Gasteiger partial charge is 0.494 e. The Morgan fingerprint density at radius 1 is 1.47 bits per heavy atom. The summed E-state index contributed by atoms with van der Waals surface area (Å²) in [5.41, 5.74) is 2.23. The topological polar surface area (TPSA) is 66.7 Å². The predicted octanol–water partition coefficient (Wildman–Crippen LogP) is 2.42. The van der Waals surface area contributed by atoms with E-state index in [0.29, 0.717) is 16.1 Å². The van der Waals surface area contributed by atoms with E-state index >= 15 is 0 Å². The molecule has 0 spiro atoms. The fourth-order valence-corrected chi connectivity index (χ4v) is 1.91. The fourth-order valence-electron chi connectivity index (χ4n) is 1.77. The second kappa shape index (κ2) is 3.49. The standard InChI is InChI=1S/C11H9ClN4O/c1-6-2-8-9(15-10(6)12)5-16(11(8)17)7-3-13-14-4-7/h2-5,17H,1H3,(H,13,14). The quantitative estimate of drug-likeness (QED) is 0.650. The van der Waals surface area contributed by atoms with E-state index in [9.17, 15) is 5.11 Å². The van der Waals surface area contributed by atoms with Crippen molar-refractivity contribution < 1.29 is 5.11 Å². The van der Waals surface area contributed by atoms with Crippen molar-refractivity contribution in [3.05, 3.63) is 35.4 Å². The minimum atomic E-state index is 0.133. The van der Waals surface area contributed by atoms with Crippen LogP contribution in [0.15, 0.2) is 24.7 Å². The molecular formula is C11H9ClN4O. The van der Waals surface area contributed by atoms with E-state index in [1.54, 1.807) is 23.2 Å². The number of fused-ring (bicyclic) bond motifs is 1. The SMILES string of the molecule is Cc1cc2c(O)n(-c3cn[nH]c3)cc2nc1Cl. The molecular weight excluding hydrogens is 240 g/mol. The zero-order valence-corrected chi connectivity index (χ0v) is 9.73. The van der Waals surface area contributed by atoms with Gasteiger partial charge in [0.1, 0.15) is 5.15 Å². The molecule has 0 bridgehead atoms. The molecule has 0 aromatic carbocycles. The van der Waals surface area contributed by atoms with Crippen LogP contribution < -0.4 is 0 Å². The van der Waals surface area contributed by atoms with Gasteiger partial charge in [0.25, 0.3) is 0 Å². The molecule has 5 nitrogen and oxygen atoms in total. The highest BCUT2D eigenvalue weighted by Gasteiger charge is 2.13. The van der Waals surface area contributed by atoms with E-state index in [2.05, 4.69) is 15.2 Å². The van der Waals surface area contributed by atoms with Gasteiger partial charge in [-0.15, -0.1) is 0 Å². The molecule has 86 valence electrons. The Labute approximate surface area is 102 Å². The van der Waals surface area contributed by atoms with Gasteiger partial charge in [0.2, 0.25) is 5.88 Å². The van der Waals surface area contributed by atoms with Crippen molar-refractivity contribution in [2.45, 2.75) is 6.92 Å². The number of pyridine rings is 1. The van der Waals surface area contributed by atoms with E-state index in [0.717, 1.165) is 11.3 Å². The van der Waals surface area contributed by atoms with Gasteiger partial charge < -0.3 is 5.11 Å². The van der Waals surface area contributed by atoms with Crippen molar-refractivity contribution in [1.29, 1.82) is 0 Å². The van der Waals surface area contributed by atoms with Crippen molar-refractivity contribution in [1.82, 2.24) is 19.7 Å². The molecule has 0 aliphatic heterocycles. The Bertz CT molecular complexity index is 687. The molecule has 3 aromatic rings. The van der Waals surface area contributed by atoms with Gasteiger partial charge in [-0.1, -0.05) is 11.6 Å². The van der Waals surface area contributed by atoms with E-state index < -0.39 is 0 Å². The lowest BCUT2D eigenvalue weighted by Crippen LogP contribution is -1.87. The lowest BCUT2D eigenvalue weighted by atomic mass is 10.2. The molecule has 3 aromatic heterocycles. The Morgan fingerprint density at radius 3 is 3.00 bits per heavy atom. The number of aromatic nitrogens is 4. The predicted molar refractivity (Wildman–Crippen MR) is 64.6 cm³/mol. The van der Waals surface area contributed by atoms with Gasteiger partial charge in [0, 0.05) is 12.4 Å². The van der Waals surface area contributed by atoms with Gasteiger partial charge in [-0.2, -0.15) is 5.10 Å². The normalized spacial score (nSPS) is 11.2. The van der Waals surface area contributed by atoms with E-state index in [-0.39, 0.29) is 5.88 Å². The first-order valence-corrected chi connectivity index (χ1v) is 5.41. The number of nitrogens with zero attached hydrogens (tertiary/aromatic N) is 3. The highest BCUT2D eigenvalue weighted by Crippen LogP contribution is 2.31. The highest BCUT2D eigenvalue weighted by molar-refractivity contribution is 6.30. The molecule has 0 unspecified atom stereocenters. The van der Waals surface area contributed by atoms with Gasteiger partial charge in [0.15, 0.2) is 0 Å². The number of aromatic amines is 1. The minimum absolute atomic E-state index is 0.133.